The highest BCUT2D eigenvalue weighted by molar-refractivity contribution is 5.96. The van der Waals surface area contributed by atoms with Gasteiger partial charge in [-0.3, -0.25) is 4.79 Å². The molecular formula is C50H62N6O3. The molecule has 2 aromatic heterocycles. The number of benzene rings is 4. The van der Waals surface area contributed by atoms with Crippen LogP contribution in [0.2, 0.25) is 0 Å². The van der Waals surface area contributed by atoms with Crippen molar-refractivity contribution in [3.05, 3.63) is 109 Å². The minimum atomic E-state index is 0. The van der Waals surface area contributed by atoms with Crippen LogP contribution in [0, 0.1) is 0 Å². The highest BCUT2D eigenvalue weighted by Crippen LogP contribution is 2.35. The van der Waals surface area contributed by atoms with Gasteiger partial charge in [0, 0.05) is 89.4 Å². The molecule has 9 heteroatoms. The molecule has 2 aliphatic rings. The van der Waals surface area contributed by atoms with Gasteiger partial charge in [-0.15, -0.1) is 0 Å². The Kier molecular flexibility index (Phi) is 13.9. The fourth-order valence-electron chi connectivity index (χ4n) is 7.53. The van der Waals surface area contributed by atoms with E-state index in [9.17, 15) is 4.79 Å². The van der Waals surface area contributed by atoms with Crippen LogP contribution in [0.1, 0.15) is 67.2 Å². The monoisotopic (exact) mass is 794 g/mol. The number of pyridine rings is 2. The number of para-hydroxylation sites is 2. The molecule has 3 N–H and O–H groups in total. The molecule has 0 atom stereocenters. The van der Waals surface area contributed by atoms with Gasteiger partial charge < -0.3 is 30.3 Å². The highest BCUT2D eigenvalue weighted by Gasteiger charge is 2.25. The maximum absolute atomic E-state index is 11.6. The molecule has 310 valence electrons. The Morgan fingerprint density at radius 2 is 1.00 bits per heavy atom. The van der Waals surface area contributed by atoms with Crippen LogP contribution in [0.25, 0.3) is 44.3 Å². The Balaban J connectivity index is 0.000000180. The van der Waals surface area contributed by atoms with Crippen molar-refractivity contribution in [2.75, 3.05) is 50.2 Å². The quantitative estimate of drug-likeness (QED) is 0.163. The van der Waals surface area contributed by atoms with Crippen LogP contribution in [0.4, 0.5) is 11.4 Å². The second-order valence-electron chi connectivity index (χ2n) is 17.6. The van der Waals surface area contributed by atoms with E-state index in [2.05, 4.69) is 90.5 Å². The number of carbonyl (C=O) groups is 1. The topological polar surface area (TPSA) is 106 Å². The van der Waals surface area contributed by atoms with Crippen molar-refractivity contribution in [3.63, 3.8) is 0 Å². The summed E-state index contributed by atoms with van der Waals surface area (Å²) in [6.45, 7) is 16.3. The van der Waals surface area contributed by atoms with Crippen LogP contribution in [0.15, 0.2) is 109 Å². The molecule has 59 heavy (non-hydrogen) atoms. The van der Waals surface area contributed by atoms with Crippen molar-refractivity contribution in [2.24, 2.45) is 5.73 Å². The summed E-state index contributed by atoms with van der Waals surface area (Å²) in [5.41, 5.74) is 14.1. The van der Waals surface area contributed by atoms with Gasteiger partial charge in [0.2, 0.25) is 0 Å². The van der Waals surface area contributed by atoms with Gasteiger partial charge in [0.05, 0.1) is 36.6 Å². The number of piperidine rings is 2. The number of ether oxygens (including phenoxy) is 2. The molecule has 2 saturated heterocycles. The molecule has 0 saturated carbocycles. The van der Waals surface area contributed by atoms with E-state index < -0.39 is 0 Å². The Morgan fingerprint density at radius 3 is 1.39 bits per heavy atom. The average molecular weight is 795 g/mol. The maximum atomic E-state index is 11.6. The molecular weight excluding hydrogens is 733 g/mol. The summed E-state index contributed by atoms with van der Waals surface area (Å²) < 4.78 is 10.5. The number of nitrogens with zero attached hydrogens (tertiary/aromatic N) is 4. The van der Waals surface area contributed by atoms with Crippen LogP contribution in [0.5, 0.6) is 11.5 Å². The second-order valence-corrected chi connectivity index (χ2v) is 17.6. The number of methoxy groups -OCH3 is 2. The first kappa shape index (κ1) is 43.1. The minimum Gasteiger partial charge on any atom is -0.497 e. The van der Waals surface area contributed by atoms with Gasteiger partial charge in [0.1, 0.15) is 17.3 Å². The summed E-state index contributed by atoms with van der Waals surface area (Å²) in [6, 6.07) is 37.8. The molecule has 0 radical (unpaired) electrons. The Bertz CT molecular complexity index is 2290. The van der Waals surface area contributed by atoms with E-state index in [4.69, 9.17) is 25.2 Å². The predicted octanol–water partition coefficient (Wildman–Crippen LogP) is 10.1. The van der Waals surface area contributed by atoms with Crippen molar-refractivity contribution < 1.29 is 14.3 Å². The predicted molar refractivity (Wildman–Crippen MR) is 246 cm³/mol. The first-order chi connectivity index (χ1) is 28.2. The van der Waals surface area contributed by atoms with E-state index in [-0.39, 0.29) is 11.1 Å². The number of nitrogens with one attached hydrogen (secondary N) is 1. The van der Waals surface area contributed by atoms with E-state index in [0.717, 1.165) is 95.1 Å². The van der Waals surface area contributed by atoms with Crippen molar-refractivity contribution in [2.45, 2.75) is 84.3 Å². The molecule has 0 unspecified atom stereocenters. The molecule has 0 amide bonds. The normalized spacial score (nSPS) is 15.0. The number of hydrogen-bond donors (Lipinski definition) is 2. The number of anilines is 2. The lowest BCUT2D eigenvalue weighted by atomic mass is 9.98. The zero-order valence-electron chi connectivity index (χ0n) is 36.2. The molecule has 0 bridgehead atoms. The van der Waals surface area contributed by atoms with Crippen molar-refractivity contribution >= 4 is 39.0 Å². The minimum absolute atomic E-state index is 0. The number of aromatic nitrogens is 2. The number of carbonyl (C=O) groups excluding carboxylic acids is 1. The number of rotatable bonds is 7. The maximum Gasteiger partial charge on any atom is 0.136 e. The molecule has 8 rings (SSSR count). The Labute approximate surface area is 351 Å². The Hall–Kier alpha value is -5.51. The largest absolute Gasteiger partial charge is 0.497 e. The lowest BCUT2D eigenvalue weighted by Gasteiger charge is -2.37. The molecule has 2 aliphatic heterocycles. The zero-order valence-corrected chi connectivity index (χ0v) is 36.2. The Morgan fingerprint density at radius 1 is 0.610 bits per heavy atom. The van der Waals surface area contributed by atoms with Gasteiger partial charge in [0.25, 0.3) is 0 Å². The summed E-state index contributed by atoms with van der Waals surface area (Å²) >= 11 is 0. The van der Waals surface area contributed by atoms with Crippen LogP contribution in [-0.4, -0.2) is 73.3 Å². The first-order valence-electron chi connectivity index (χ1n) is 20.8. The van der Waals surface area contributed by atoms with Gasteiger partial charge >= 0.3 is 0 Å². The molecule has 0 spiro atoms. The fourth-order valence-corrected chi connectivity index (χ4v) is 7.53. The summed E-state index contributed by atoms with van der Waals surface area (Å²) in [5, 5.41) is 6.13. The number of Topliss-reactive ketones (excluding diaryl/α,β-unsaturated/α-hetero) is 1. The molecule has 9 nitrogen and oxygen atoms in total. The number of nitrogens with two attached hydrogens (primary N) is 1. The van der Waals surface area contributed by atoms with E-state index >= 15 is 0 Å². The fraction of sp³-hybridized carbons (Fsp3) is 0.380. The smallest absolute Gasteiger partial charge is 0.136 e. The van der Waals surface area contributed by atoms with Crippen LogP contribution in [-0.2, 0) is 4.79 Å². The second kappa shape index (κ2) is 19.0. The summed E-state index contributed by atoms with van der Waals surface area (Å²) in [5.74, 6) is 2.05. The lowest BCUT2D eigenvalue weighted by molar-refractivity contribution is -0.119. The zero-order chi connectivity index (χ0) is 42.2. The van der Waals surface area contributed by atoms with Gasteiger partial charge in [-0.25, -0.2) is 9.97 Å². The lowest BCUT2D eigenvalue weighted by Crippen LogP contribution is -2.49. The summed E-state index contributed by atoms with van der Waals surface area (Å²) in [4.78, 5) is 26.2. The third kappa shape index (κ3) is 12.0. The average Bonchev–Trinajstić information content (AvgIpc) is 3.22. The van der Waals surface area contributed by atoms with Gasteiger partial charge in [-0.2, -0.15) is 0 Å². The van der Waals surface area contributed by atoms with Crippen LogP contribution in [0.3, 0.4) is 0 Å². The number of ketones is 1. The van der Waals surface area contributed by atoms with Crippen molar-refractivity contribution in [1.82, 2.24) is 15.3 Å². The van der Waals surface area contributed by atoms with E-state index in [1.807, 2.05) is 75.4 Å². The SMILES string of the molecule is CC(C)(C)N.COc1ccc(-c2cc(N3CCC(=O)CC3)c3ccccc3n2)cc1.COc1ccc(-c2cc(N3CCC(NC(C)(C)C)CC3)c3ccccc3n2)cc1. The van der Waals surface area contributed by atoms with Crippen molar-refractivity contribution in [3.8, 4) is 34.0 Å². The van der Waals surface area contributed by atoms with Gasteiger partial charge in [-0.1, -0.05) is 36.4 Å². The number of fused-ring (bicyclic) bond motifs is 2. The first-order valence-corrected chi connectivity index (χ1v) is 20.8. The van der Waals surface area contributed by atoms with Gasteiger partial charge in [-0.05, 0) is 127 Å². The van der Waals surface area contributed by atoms with Gasteiger partial charge in [0.15, 0.2) is 0 Å². The van der Waals surface area contributed by atoms with Crippen LogP contribution >= 0.6 is 0 Å². The van der Waals surface area contributed by atoms with Crippen LogP contribution < -0.4 is 30.3 Å². The third-order valence-electron chi connectivity index (χ3n) is 10.3. The molecule has 6 aromatic rings. The molecule has 2 fully saturated rings. The molecule has 4 heterocycles. The van der Waals surface area contributed by atoms with E-state index in [1.165, 1.54) is 11.1 Å². The molecule has 0 aliphatic carbocycles. The molecule has 4 aromatic carbocycles. The summed E-state index contributed by atoms with van der Waals surface area (Å²) in [6.07, 6.45) is 3.56. The van der Waals surface area contributed by atoms with E-state index in [1.54, 1.807) is 14.2 Å². The third-order valence-corrected chi connectivity index (χ3v) is 10.3. The highest BCUT2D eigenvalue weighted by atomic mass is 16.5. The number of hydrogen-bond acceptors (Lipinski definition) is 9. The van der Waals surface area contributed by atoms with Crippen molar-refractivity contribution in [1.29, 1.82) is 0 Å². The van der Waals surface area contributed by atoms with E-state index in [0.29, 0.717) is 24.7 Å². The summed E-state index contributed by atoms with van der Waals surface area (Å²) in [7, 11) is 3.36. The standard InChI is InChI=1S/C25H31N3O.C21H20N2O2.C4H11N/c1-25(2,3)27-19-13-15-28(16-14-19)24-17-23(18-9-11-20(29-4)12-10-18)26-22-8-6-5-7-21(22)24;1-25-17-8-6-15(7-9-17)20-14-21(23-12-10-16(24)11-13-23)18-4-2-3-5-19(18)22-20;1-4(2,3)5/h5-12,17,19,27H,13-16H2,1-4H3;2-9,14H,10-13H2,1H3;5H2,1-3H3.